The zero-order chi connectivity index (χ0) is 16.4. The van der Waals surface area contributed by atoms with Gasteiger partial charge in [0.25, 0.3) is 0 Å². The summed E-state index contributed by atoms with van der Waals surface area (Å²) in [4.78, 5) is 5.71. The van der Waals surface area contributed by atoms with Gasteiger partial charge in [-0.05, 0) is 56.2 Å². The van der Waals surface area contributed by atoms with Gasteiger partial charge in [0.15, 0.2) is 0 Å². The lowest BCUT2D eigenvalue weighted by atomic mass is 9.97. The van der Waals surface area contributed by atoms with Crippen molar-refractivity contribution in [3.05, 3.63) is 41.6 Å². The molecular formula is C17H23N3O2S. The average Bonchev–Trinajstić information content (AvgIpc) is 3.12. The second-order valence-corrected chi connectivity index (χ2v) is 8.16. The maximum atomic E-state index is 11.4. The van der Waals surface area contributed by atoms with Crippen LogP contribution in [0.15, 0.2) is 30.5 Å². The van der Waals surface area contributed by atoms with Gasteiger partial charge in [-0.25, -0.2) is 13.1 Å². The van der Waals surface area contributed by atoms with E-state index >= 15 is 0 Å². The summed E-state index contributed by atoms with van der Waals surface area (Å²) in [6.45, 7) is 2.23. The SMILES string of the molecule is CNS(=O)(=O)CC=Cc1ccc2[nH]cc(C3CCN(C)C3)c2c1. The fraction of sp³-hybridized carbons (Fsp3) is 0.412. The predicted octanol–water partition coefficient (Wildman–Crippen LogP) is 2.15. The molecule has 5 nitrogen and oxygen atoms in total. The molecule has 1 aliphatic rings. The molecule has 0 amide bonds. The van der Waals surface area contributed by atoms with Gasteiger partial charge in [-0.1, -0.05) is 18.2 Å². The summed E-state index contributed by atoms with van der Waals surface area (Å²) in [6.07, 6.45) is 6.85. The van der Waals surface area contributed by atoms with Crippen LogP contribution < -0.4 is 4.72 Å². The van der Waals surface area contributed by atoms with Crippen LogP contribution in [0, 0.1) is 0 Å². The maximum absolute atomic E-state index is 11.4. The number of likely N-dealkylation sites (tertiary alicyclic amines) is 1. The van der Waals surface area contributed by atoms with Crippen molar-refractivity contribution >= 4 is 27.0 Å². The highest BCUT2D eigenvalue weighted by atomic mass is 32.2. The molecule has 1 saturated heterocycles. The van der Waals surface area contributed by atoms with Crippen LogP contribution in [0.3, 0.4) is 0 Å². The van der Waals surface area contributed by atoms with Crippen LogP contribution in [0.2, 0.25) is 0 Å². The van der Waals surface area contributed by atoms with Gasteiger partial charge in [0.05, 0.1) is 5.75 Å². The second kappa shape index (κ2) is 6.47. The normalized spacial score (nSPS) is 20.0. The Balaban J connectivity index is 1.85. The lowest BCUT2D eigenvalue weighted by molar-refractivity contribution is 0.412. The largest absolute Gasteiger partial charge is 0.361 e. The van der Waals surface area contributed by atoms with E-state index in [2.05, 4.69) is 40.0 Å². The number of H-pyrrole nitrogens is 1. The van der Waals surface area contributed by atoms with Crippen molar-refractivity contribution in [3.8, 4) is 0 Å². The molecule has 1 aliphatic heterocycles. The highest BCUT2D eigenvalue weighted by molar-refractivity contribution is 7.89. The third-order valence-corrected chi connectivity index (χ3v) is 5.76. The van der Waals surface area contributed by atoms with Crippen molar-refractivity contribution in [2.24, 2.45) is 0 Å². The summed E-state index contributed by atoms with van der Waals surface area (Å²) in [5, 5.41) is 1.24. The minimum atomic E-state index is -3.20. The molecule has 2 aromatic rings. The van der Waals surface area contributed by atoms with Gasteiger partial charge in [0.1, 0.15) is 0 Å². The van der Waals surface area contributed by atoms with Gasteiger partial charge in [0, 0.05) is 23.6 Å². The second-order valence-electron chi connectivity index (χ2n) is 6.18. The number of nitrogens with zero attached hydrogens (tertiary/aromatic N) is 1. The Kier molecular flexibility index (Phi) is 4.57. The summed E-state index contributed by atoms with van der Waals surface area (Å²) in [5.74, 6) is 0.562. The molecule has 1 aromatic carbocycles. The number of aromatic amines is 1. The van der Waals surface area contributed by atoms with Gasteiger partial charge in [-0.15, -0.1) is 0 Å². The summed E-state index contributed by atoms with van der Waals surface area (Å²) in [6, 6.07) is 6.21. The molecule has 0 bridgehead atoms. The van der Waals surface area contributed by atoms with Crippen LogP contribution in [0.4, 0.5) is 0 Å². The standard InChI is InChI=1S/C17H23N3O2S/c1-18-23(21,22)9-3-4-13-5-6-17-15(10-13)16(11-19-17)14-7-8-20(2)12-14/h3-6,10-11,14,18-19H,7-9,12H2,1-2H3. The number of likely N-dealkylation sites (N-methyl/N-ethyl adjacent to an activating group) is 1. The van der Waals surface area contributed by atoms with Crippen LogP contribution in [0.25, 0.3) is 17.0 Å². The van der Waals surface area contributed by atoms with Crippen molar-refractivity contribution in [1.82, 2.24) is 14.6 Å². The molecule has 1 fully saturated rings. The van der Waals surface area contributed by atoms with E-state index in [4.69, 9.17) is 0 Å². The van der Waals surface area contributed by atoms with Gasteiger partial charge in [-0.2, -0.15) is 0 Å². The average molecular weight is 333 g/mol. The van der Waals surface area contributed by atoms with Gasteiger partial charge in [0.2, 0.25) is 10.0 Å². The van der Waals surface area contributed by atoms with E-state index in [0.717, 1.165) is 24.2 Å². The fourth-order valence-corrected chi connectivity index (χ4v) is 3.70. The fourth-order valence-electron chi connectivity index (χ4n) is 3.18. The van der Waals surface area contributed by atoms with Gasteiger partial charge in [-0.3, -0.25) is 0 Å². The molecule has 1 atom stereocenters. The highest BCUT2D eigenvalue weighted by Crippen LogP contribution is 2.32. The number of hydrogen-bond acceptors (Lipinski definition) is 3. The number of nitrogens with one attached hydrogen (secondary N) is 2. The quantitative estimate of drug-likeness (QED) is 0.881. The molecule has 124 valence electrons. The first-order valence-corrected chi connectivity index (χ1v) is 9.51. The molecule has 0 spiro atoms. The Morgan fingerprint density at radius 2 is 2.26 bits per heavy atom. The monoisotopic (exact) mass is 333 g/mol. The first-order valence-electron chi connectivity index (χ1n) is 7.86. The molecule has 1 aromatic heterocycles. The number of sulfonamides is 1. The van der Waals surface area contributed by atoms with E-state index < -0.39 is 10.0 Å². The molecule has 1 unspecified atom stereocenters. The van der Waals surface area contributed by atoms with Crippen LogP contribution in [0.5, 0.6) is 0 Å². The van der Waals surface area contributed by atoms with E-state index in [9.17, 15) is 8.42 Å². The number of hydrogen-bond donors (Lipinski definition) is 2. The van der Waals surface area contributed by atoms with Crippen molar-refractivity contribution in [2.75, 3.05) is 32.9 Å². The molecule has 6 heteroatoms. The van der Waals surface area contributed by atoms with Crippen molar-refractivity contribution in [1.29, 1.82) is 0 Å². The zero-order valence-electron chi connectivity index (χ0n) is 13.5. The van der Waals surface area contributed by atoms with E-state index in [1.807, 2.05) is 12.1 Å². The van der Waals surface area contributed by atoms with Gasteiger partial charge < -0.3 is 9.88 Å². The molecule has 23 heavy (non-hydrogen) atoms. The van der Waals surface area contributed by atoms with Gasteiger partial charge >= 0.3 is 0 Å². The summed E-state index contributed by atoms with van der Waals surface area (Å²) >= 11 is 0. The molecule has 3 rings (SSSR count). The molecule has 2 heterocycles. The summed E-state index contributed by atoms with van der Waals surface area (Å²) in [5.41, 5.74) is 3.52. The van der Waals surface area contributed by atoms with Crippen LogP contribution in [0.1, 0.15) is 23.5 Å². The van der Waals surface area contributed by atoms with Crippen LogP contribution >= 0.6 is 0 Å². The maximum Gasteiger partial charge on any atom is 0.214 e. The Morgan fingerprint density at radius 3 is 2.96 bits per heavy atom. The number of fused-ring (bicyclic) bond motifs is 1. The zero-order valence-corrected chi connectivity index (χ0v) is 14.4. The van der Waals surface area contributed by atoms with E-state index in [1.54, 1.807) is 6.08 Å². The van der Waals surface area contributed by atoms with Crippen molar-refractivity contribution < 1.29 is 8.42 Å². The minimum Gasteiger partial charge on any atom is -0.361 e. The van der Waals surface area contributed by atoms with Crippen LogP contribution in [-0.4, -0.2) is 51.2 Å². The molecule has 2 N–H and O–H groups in total. The Labute approximate surface area is 137 Å². The lowest BCUT2D eigenvalue weighted by Gasteiger charge is -2.09. The van der Waals surface area contributed by atoms with E-state index in [1.165, 1.54) is 24.4 Å². The predicted molar refractivity (Wildman–Crippen MR) is 95.0 cm³/mol. The van der Waals surface area contributed by atoms with Crippen molar-refractivity contribution in [2.45, 2.75) is 12.3 Å². The lowest BCUT2D eigenvalue weighted by Crippen LogP contribution is -2.20. The van der Waals surface area contributed by atoms with Crippen molar-refractivity contribution in [3.63, 3.8) is 0 Å². The summed E-state index contributed by atoms with van der Waals surface area (Å²) < 4.78 is 25.2. The third kappa shape index (κ3) is 3.65. The third-order valence-electron chi connectivity index (χ3n) is 4.51. The summed E-state index contributed by atoms with van der Waals surface area (Å²) in [7, 11) is 0.391. The number of aromatic nitrogens is 1. The van der Waals surface area contributed by atoms with E-state index in [0.29, 0.717) is 5.92 Å². The Morgan fingerprint density at radius 1 is 1.43 bits per heavy atom. The Bertz CT molecular complexity index is 823. The molecule has 0 radical (unpaired) electrons. The first kappa shape index (κ1) is 16.2. The smallest absolute Gasteiger partial charge is 0.214 e. The molecule has 0 saturated carbocycles. The van der Waals surface area contributed by atoms with E-state index in [-0.39, 0.29) is 5.75 Å². The highest BCUT2D eigenvalue weighted by Gasteiger charge is 2.23. The van der Waals surface area contributed by atoms with Crippen LogP contribution in [-0.2, 0) is 10.0 Å². The molecular weight excluding hydrogens is 310 g/mol. The Hall–Kier alpha value is -1.63. The first-order chi connectivity index (χ1) is 11.0. The topological polar surface area (TPSA) is 65.2 Å². The number of benzene rings is 1. The molecule has 0 aliphatic carbocycles. The minimum absolute atomic E-state index is 0.00501. The number of rotatable bonds is 5.